The predicted octanol–water partition coefficient (Wildman–Crippen LogP) is 4.04. The molecule has 0 bridgehead atoms. The summed E-state index contributed by atoms with van der Waals surface area (Å²) in [6.07, 6.45) is 1.65. The molecule has 17 heavy (non-hydrogen) atoms. The van der Waals surface area contributed by atoms with Crippen molar-refractivity contribution in [3.63, 3.8) is 0 Å². The first-order valence-corrected chi connectivity index (χ1v) is 6.06. The number of carbonyl (C=O) groups is 1. The van der Waals surface area contributed by atoms with Crippen LogP contribution >= 0.6 is 0 Å². The minimum atomic E-state index is -2.29. The van der Waals surface area contributed by atoms with Crippen molar-refractivity contribution in [2.45, 2.75) is 38.0 Å². The quantitative estimate of drug-likeness (QED) is 0.726. The van der Waals surface area contributed by atoms with Gasteiger partial charge in [0, 0.05) is 11.5 Å². The fourth-order valence-electron chi connectivity index (χ4n) is 2.80. The van der Waals surface area contributed by atoms with Crippen LogP contribution in [0.25, 0.3) is 0 Å². The van der Waals surface area contributed by atoms with Gasteiger partial charge in [-0.15, -0.1) is 0 Å². The Bertz CT molecular complexity index is 390. The molecule has 3 heteroatoms. The smallest absolute Gasteiger partial charge is 0.242 e. The van der Waals surface area contributed by atoms with E-state index in [1.54, 1.807) is 12.1 Å². The Morgan fingerprint density at radius 1 is 1.18 bits per heavy atom. The van der Waals surface area contributed by atoms with Crippen LogP contribution in [0.5, 0.6) is 0 Å². The summed E-state index contributed by atoms with van der Waals surface area (Å²) in [7, 11) is 0. The van der Waals surface area contributed by atoms with E-state index in [1.165, 1.54) is 0 Å². The monoisotopic (exact) mass is 238 g/mol. The van der Waals surface area contributed by atoms with E-state index in [0.29, 0.717) is 12.0 Å². The Morgan fingerprint density at radius 3 is 2.59 bits per heavy atom. The third-order valence-electron chi connectivity index (χ3n) is 3.67. The van der Waals surface area contributed by atoms with E-state index in [9.17, 15) is 13.6 Å². The molecule has 1 nitrogen and oxygen atoms in total. The molecule has 92 valence electrons. The molecule has 2 rings (SSSR count). The van der Waals surface area contributed by atoms with E-state index >= 15 is 0 Å². The number of carbonyl (C=O) groups excluding carboxylic acids is 1. The van der Waals surface area contributed by atoms with Crippen molar-refractivity contribution in [2.24, 2.45) is 5.92 Å². The Balaban J connectivity index is 2.32. The lowest BCUT2D eigenvalue weighted by Crippen LogP contribution is -2.25. The third-order valence-corrected chi connectivity index (χ3v) is 3.67. The second-order valence-corrected chi connectivity index (χ2v) is 4.64. The van der Waals surface area contributed by atoms with E-state index in [2.05, 4.69) is 0 Å². The summed E-state index contributed by atoms with van der Waals surface area (Å²) in [6, 6.07) is 7.11. The standard InChI is InChI=1S/C14H16F2O/c15-14(16)13-8-4-3-7-12(13)11-6-2-1-5-10(11)9-17/h1-2,5-6,9,12-14H,3-4,7-8H2. The molecule has 2 unspecified atom stereocenters. The number of rotatable bonds is 3. The number of alkyl halides is 2. The van der Waals surface area contributed by atoms with Gasteiger partial charge in [-0.05, 0) is 24.3 Å². The molecular weight excluding hydrogens is 222 g/mol. The van der Waals surface area contributed by atoms with Crippen LogP contribution in [0.1, 0.15) is 47.5 Å². The molecule has 0 radical (unpaired) electrons. The van der Waals surface area contributed by atoms with E-state index in [1.807, 2.05) is 12.1 Å². The molecule has 1 aromatic carbocycles. The summed E-state index contributed by atoms with van der Waals surface area (Å²) in [5, 5.41) is 0. The number of hydrogen-bond acceptors (Lipinski definition) is 1. The topological polar surface area (TPSA) is 17.1 Å². The minimum absolute atomic E-state index is 0.162. The molecule has 0 spiro atoms. The number of aldehydes is 1. The van der Waals surface area contributed by atoms with Gasteiger partial charge in [0.15, 0.2) is 0 Å². The maximum absolute atomic E-state index is 13.0. The molecule has 0 saturated heterocycles. The van der Waals surface area contributed by atoms with E-state index < -0.39 is 12.3 Å². The van der Waals surface area contributed by atoms with Crippen LogP contribution < -0.4 is 0 Å². The maximum atomic E-state index is 13.0. The third kappa shape index (κ3) is 2.54. The van der Waals surface area contributed by atoms with Gasteiger partial charge >= 0.3 is 0 Å². The molecule has 0 N–H and O–H groups in total. The zero-order chi connectivity index (χ0) is 12.3. The summed E-state index contributed by atoms with van der Waals surface area (Å²) in [5.41, 5.74) is 1.36. The van der Waals surface area contributed by atoms with E-state index in [-0.39, 0.29) is 5.92 Å². The molecular formula is C14H16F2O. The lowest BCUT2D eigenvalue weighted by atomic mass is 9.74. The van der Waals surface area contributed by atoms with Crippen LogP contribution in [-0.4, -0.2) is 12.7 Å². The van der Waals surface area contributed by atoms with Gasteiger partial charge < -0.3 is 0 Å². The summed E-state index contributed by atoms with van der Waals surface area (Å²) in [4.78, 5) is 11.0. The fraction of sp³-hybridized carbons (Fsp3) is 0.500. The largest absolute Gasteiger partial charge is 0.298 e. The van der Waals surface area contributed by atoms with Crippen molar-refractivity contribution in [1.29, 1.82) is 0 Å². The van der Waals surface area contributed by atoms with E-state index in [4.69, 9.17) is 0 Å². The molecule has 0 aliphatic heterocycles. The average Bonchev–Trinajstić information content (AvgIpc) is 2.38. The molecule has 1 fully saturated rings. The lowest BCUT2D eigenvalue weighted by molar-refractivity contribution is 0.0428. The average molecular weight is 238 g/mol. The number of benzene rings is 1. The van der Waals surface area contributed by atoms with Crippen LogP contribution in [-0.2, 0) is 0 Å². The summed E-state index contributed by atoms with van der Waals surface area (Å²) >= 11 is 0. The van der Waals surface area contributed by atoms with Gasteiger partial charge in [-0.25, -0.2) is 8.78 Å². The van der Waals surface area contributed by atoms with Crippen molar-refractivity contribution in [2.75, 3.05) is 0 Å². The first-order chi connectivity index (χ1) is 8.24. The van der Waals surface area contributed by atoms with Crippen LogP contribution in [0.3, 0.4) is 0 Å². The van der Waals surface area contributed by atoms with E-state index in [0.717, 1.165) is 31.1 Å². The minimum Gasteiger partial charge on any atom is -0.298 e. The molecule has 1 saturated carbocycles. The molecule has 0 amide bonds. The first kappa shape index (κ1) is 12.2. The zero-order valence-electron chi connectivity index (χ0n) is 9.61. The van der Waals surface area contributed by atoms with Gasteiger partial charge in [0.05, 0.1) is 0 Å². The Labute approximate surface area is 99.8 Å². The lowest BCUT2D eigenvalue weighted by Gasteiger charge is -2.32. The second-order valence-electron chi connectivity index (χ2n) is 4.64. The highest BCUT2D eigenvalue weighted by Gasteiger charge is 2.33. The van der Waals surface area contributed by atoms with Gasteiger partial charge in [-0.2, -0.15) is 0 Å². The fourth-order valence-corrected chi connectivity index (χ4v) is 2.80. The van der Waals surface area contributed by atoms with Crippen molar-refractivity contribution in [3.8, 4) is 0 Å². The van der Waals surface area contributed by atoms with Crippen LogP contribution in [0.2, 0.25) is 0 Å². The SMILES string of the molecule is O=Cc1ccccc1C1CCCCC1C(F)F. The molecule has 0 heterocycles. The molecule has 1 aliphatic carbocycles. The first-order valence-electron chi connectivity index (χ1n) is 6.06. The number of halogens is 2. The predicted molar refractivity (Wildman–Crippen MR) is 62.5 cm³/mol. The Hall–Kier alpha value is -1.25. The zero-order valence-corrected chi connectivity index (χ0v) is 9.61. The van der Waals surface area contributed by atoms with Crippen molar-refractivity contribution in [1.82, 2.24) is 0 Å². The highest BCUT2D eigenvalue weighted by molar-refractivity contribution is 5.77. The van der Waals surface area contributed by atoms with Gasteiger partial charge in [0.25, 0.3) is 0 Å². The molecule has 2 atom stereocenters. The van der Waals surface area contributed by atoms with Gasteiger partial charge in [0.2, 0.25) is 6.43 Å². The second kappa shape index (κ2) is 5.39. The summed E-state index contributed by atoms with van der Waals surface area (Å²) in [6.45, 7) is 0. The van der Waals surface area contributed by atoms with Gasteiger partial charge in [-0.3, -0.25) is 4.79 Å². The molecule has 1 aromatic rings. The number of hydrogen-bond donors (Lipinski definition) is 0. The highest BCUT2D eigenvalue weighted by atomic mass is 19.3. The van der Waals surface area contributed by atoms with Gasteiger partial charge in [-0.1, -0.05) is 37.1 Å². The normalized spacial score (nSPS) is 24.9. The highest BCUT2D eigenvalue weighted by Crippen LogP contribution is 2.41. The van der Waals surface area contributed by atoms with Crippen LogP contribution in [0.4, 0.5) is 8.78 Å². The molecule has 0 aromatic heterocycles. The van der Waals surface area contributed by atoms with Crippen LogP contribution in [0.15, 0.2) is 24.3 Å². The van der Waals surface area contributed by atoms with Gasteiger partial charge in [0.1, 0.15) is 6.29 Å². The Morgan fingerprint density at radius 2 is 1.88 bits per heavy atom. The summed E-state index contributed by atoms with van der Waals surface area (Å²) in [5.74, 6) is -0.755. The maximum Gasteiger partial charge on any atom is 0.242 e. The van der Waals surface area contributed by atoms with Crippen molar-refractivity contribution in [3.05, 3.63) is 35.4 Å². The van der Waals surface area contributed by atoms with Crippen LogP contribution in [0, 0.1) is 5.92 Å². The summed E-state index contributed by atoms with van der Waals surface area (Å²) < 4.78 is 26.0. The Kier molecular flexibility index (Phi) is 3.87. The van der Waals surface area contributed by atoms with Crippen molar-refractivity contribution >= 4 is 6.29 Å². The van der Waals surface area contributed by atoms with Crippen molar-refractivity contribution < 1.29 is 13.6 Å². The molecule has 1 aliphatic rings.